The Morgan fingerprint density at radius 1 is 1.00 bits per heavy atom. The number of benzene rings is 2. The number of ether oxygens (including phenoxy) is 1. The van der Waals surface area contributed by atoms with E-state index in [0.717, 1.165) is 0 Å². The van der Waals surface area contributed by atoms with E-state index in [1.165, 1.54) is 0 Å². The third kappa shape index (κ3) is 8.49. The van der Waals surface area contributed by atoms with Crippen LogP contribution in [-0.4, -0.2) is 45.8 Å². The van der Waals surface area contributed by atoms with Crippen LogP contribution in [0.15, 0.2) is 59.5 Å². The molecule has 0 aliphatic carbocycles. The van der Waals surface area contributed by atoms with E-state index >= 15 is 0 Å². The van der Waals surface area contributed by atoms with Gasteiger partial charge < -0.3 is 14.7 Å². The Hall–Kier alpha value is -3.53. The van der Waals surface area contributed by atoms with Gasteiger partial charge in [-0.05, 0) is 36.1 Å². The molecular weight excluding hydrogens is 450 g/mol. The summed E-state index contributed by atoms with van der Waals surface area (Å²) < 4.78 is 17.1. The molecule has 0 saturated carbocycles. The van der Waals surface area contributed by atoms with Crippen molar-refractivity contribution in [1.82, 2.24) is 0 Å². The van der Waals surface area contributed by atoms with Crippen molar-refractivity contribution in [3.63, 3.8) is 0 Å². The first kappa shape index (κ1) is 25.7. The number of carbonyl (C=O) groups excluding carboxylic acids is 1. The minimum Gasteiger partial charge on any atom is -0.478 e. The predicted molar refractivity (Wildman–Crippen MR) is 122 cm³/mol. The van der Waals surface area contributed by atoms with Gasteiger partial charge in [-0.3, -0.25) is 9.00 Å². The van der Waals surface area contributed by atoms with Crippen molar-refractivity contribution in [2.75, 3.05) is 19.5 Å². The number of aliphatic carboxylic acids is 1. The largest absolute Gasteiger partial charge is 0.478 e. The first-order chi connectivity index (χ1) is 15.8. The Balaban J connectivity index is 2.18. The molecule has 0 saturated heterocycles. The summed E-state index contributed by atoms with van der Waals surface area (Å²) in [5.74, 6) is -1.67. The second kappa shape index (κ2) is 13.1. The summed E-state index contributed by atoms with van der Waals surface area (Å²) in [6, 6.07) is 15.1. The molecular formula is C23H25NO8S. The van der Waals surface area contributed by atoms with Gasteiger partial charge in [0, 0.05) is 33.9 Å². The Kier molecular flexibility index (Phi) is 10.2. The summed E-state index contributed by atoms with van der Waals surface area (Å²) in [5, 5.41) is 19.2. The lowest BCUT2D eigenvalue weighted by Gasteiger charge is -2.15. The topological polar surface area (TPSA) is 133 Å². The van der Waals surface area contributed by atoms with E-state index in [1.807, 2.05) is 0 Å². The third-order valence-electron chi connectivity index (χ3n) is 4.71. The van der Waals surface area contributed by atoms with Crippen LogP contribution in [0.1, 0.15) is 36.8 Å². The fraction of sp³-hybridized carbons (Fsp3) is 0.304. The normalized spacial score (nSPS) is 12.4. The molecule has 0 bridgehead atoms. The summed E-state index contributed by atoms with van der Waals surface area (Å²) in [5.41, 5.74) is 1.32. The molecule has 9 nitrogen and oxygen atoms in total. The number of hydrogen-bond donors (Lipinski definition) is 1. The zero-order valence-electron chi connectivity index (χ0n) is 18.1. The Morgan fingerprint density at radius 2 is 1.67 bits per heavy atom. The highest BCUT2D eigenvalue weighted by Crippen LogP contribution is 2.28. The van der Waals surface area contributed by atoms with Gasteiger partial charge in [0.25, 0.3) is 5.09 Å². The lowest BCUT2D eigenvalue weighted by Crippen LogP contribution is -2.12. The van der Waals surface area contributed by atoms with Gasteiger partial charge in [0.05, 0.1) is 12.2 Å². The summed E-state index contributed by atoms with van der Waals surface area (Å²) in [4.78, 5) is 39.3. The van der Waals surface area contributed by atoms with Crippen molar-refractivity contribution in [3.8, 4) is 0 Å². The minimum atomic E-state index is -1.19. The van der Waals surface area contributed by atoms with Crippen LogP contribution >= 0.6 is 0 Å². The number of carboxylic acids is 1. The van der Waals surface area contributed by atoms with Crippen LogP contribution in [0.25, 0.3) is 11.1 Å². The van der Waals surface area contributed by atoms with Crippen LogP contribution in [0, 0.1) is 10.1 Å². The first-order valence-corrected chi connectivity index (χ1v) is 11.7. The molecule has 0 aliphatic rings. The van der Waals surface area contributed by atoms with Crippen LogP contribution < -0.4 is 0 Å². The highest BCUT2D eigenvalue weighted by Gasteiger charge is 2.20. The van der Waals surface area contributed by atoms with Gasteiger partial charge in [-0.25, -0.2) is 4.79 Å². The lowest BCUT2D eigenvalue weighted by molar-refractivity contribution is -0.757. The Labute approximate surface area is 193 Å². The number of hydrogen-bond acceptors (Lipinski definition) is 7. The molecule has 1 atom stereocenters. The highest BCUT2D eigenvalue weighted by atomic mass is 32.2. The fourth-order valence-corrected chi connectivity index (χ4v) is 3.61. The molecule has 0 fully saturated rings. The van der Waals surface area contributed by atoms with Gasteiger partial charge in [0.15, 0.2) is 0 Å². The van der Waals surface area contributed by atoms with Crippen molar-refractivity contribution in [2.24, 2.45) is 0 Å². The van der Waals surface area contributed by atoms with Crippen LogP contribution in [0.3, 0.4) is 0 Å². The highest BCUT2D eigenvalue weighted by molar-refractivity contribution is 7.84. The smallest absolute Gasteiger partial charge is 0.336 e. The zero-order valence-corrected chi connectivity index (χ0v) is 18.9. The number of carboxylic acid groups (broad SMARTS) is 1. The van der Waals surface area contributed by atoms with Gasteiger partial charge in [0.1, 0.15) is 6.61 Å². The zero-order chi connectivity index (χ0) is 24.2. The van der Waals surface area contributed by atoms with Gasteiger partial charge in [0.2, 0.25) is 0 Å². The monoisotopic (exact) mass is 475 g/mol. The SMILES string of the molecule is CS(=O)c1ccc(/C(COC(=O)CCCCCO[N+](=O)[O-])=C(/C(=O)O)c2ccccc2)cc1. The number of esters is 1. The molecule has 0 aromatic heterocycles. The van der Waals surface area contributed by atoms with E-state index in [4.69, 9.17) is 4.74 Å². The second-order valence-electron chi connectivity index (χ2n) is 7.03. The van der Waals surface area contributed by atoms with E-state index in [2.05, 4.69) is 4.84 Å². The quantitative estimate of drug-likeness (QED) is 0.116. The second-order valence-corrected chi connectivity index (χ2v) is 8.41. The van der Waals surface area contributed by atoms with Gasteiger partial charge >= 0.3 is 11.9 Å². The average molecular weight is 476 g/mol. The molecule has 1 N–H and O–H groups in total. The number of unbranched alkanes of at least 4 members (excludes halogenated alkanes) is 2. The molecule has 0 aliphatic heterocycles. The summed E-state index contributed by atoms with van der Waals surface area (Å²) in [7, 11) is -1.19. The summed E-state index contributed by atoms with van der Waals surface area (Å²) >= 11 is 0. The van der Waals surface area contributed by atoms with Gasteiger partial charge in [-0.1, -0.05) is 48.9 Å². The number of carbonyl (C=O) groups is 2. The molecule has 33 heavy (non-hydrogen) atoms. The van der Waals surface area contributed by atoms with Crippen LogP contribution in [0.4, 0.5) is 0 Å². The number of nitrogens with zero attached hydrogens (tertiary/aromatic N) is 1. The molecule has 10 heteroatoms. The molecule has 2 aromatic rings. The molecule has 2 aromatic carbocycles. The fourth-order valence-electron chi connectivity index (χ4n) is 3.09. The molecule has 0 amide bonds. The van der Waals surface area contributed by atoms with E-state index < -0.39 is 27.8 Å². The van der Waals surface area contributed by atoms with E-state index in [0.29, 0.717) is 40.9 Å². The first-order valence-electron chi connectivity index (χ1n) is 10.2. The van der Waals surface area contributed by atoms with E-state index in [1.54, 1.807) is 60.9 Å². The van der Waals surface area contributed by atoms with Gasteiger partial charge in [-0.2, -0.15) is 0 Å². The van der Waals surface area contributed by atoms with Crippen molar-refractivity contribution >= 4 is 33.9 Å². The summed E-state index contributed by atoms with van der Waals surface area (Å²) in [6.07, 6.45) is 3.07. The predicted octanol–water partition coefficient (Wildman–Crippen LogP) is 3.73. The van der Waals surface area contributed by atoms with Crippen molar-refractivity contribution in [1.29, 1.82) is 0 Å². The molecule has 0 heterocycles. The maximum Gasteiger partial charge on any atom is 0.336 e. The van der Waals surface area contributed by atoms with E-state index in [9.17, 15) is 29.0 Å². The van der Waals surface area contributed by atoms with Crippen molar-refractivity contribution in [2.45, 2.75) is 30.6 Å². The molecule has 176 valence electrons. The Bertz CT molecular complexity index is 1020. The average Bonchev–Trinajstić information content (AvgIpc) is 2.79. The van der Waals surface area contributed by atoms with Crippen LogP contribution in [-0.2, 0) is 30.0 Å². The maximum atomic E-state index is 12.2. The maximum absolute atomic E-state index is 12.2. The van der Waals surface area contributed by atoms with Gasteiger partial charge in [-0.15, -0.1) is 10.1 Å². The van der Waals surface area contributed by atoms with Crippen molar-refractivity contribution in [3.05, 3.63) is 75.8 Å². The number of rotatable bonds is 13. The standard InChI is InChI=1S/C23H25NO8S/c1-33(30)19-13-11-17(12-14-19)20(22(23(26)27)18-8-4-2-5-9-18)16-31-21(25)10-6-3-7-15-32-24(28)29/h2,4-5,8-9,11-14H,3,6-7,10,15-16H2,1H3,(H,26,27)/b22-20+. The molecule has 1 unspecified atom stereocenters. The van der Waals surface area contributed by atoms with Crippen LogP contribution in [0.5, 0.6) is 0 Å². The molecule has 0 spiro atoms. The minimum absolute atomic E-state index is 0.00528. The summed E-state index contributed by atoms with van der Waals surface area (Å²) in [6.45, 7) is -0.291. The molecule has 2 rings (SSSR count). The molecule has 0 radical (unpaired) electrons. The van der Waals surface area contributed by atoms with Crippen LogP contribution in [0.2, 0.25) is 0 Å². The Morgan fingerprint density at radius 3 is 2.24 bits per heavy atom. The lowest BCUT2D eigenvalue weighted by atomic mass is 9.95. The van der Waals surface area contributed by atoms with E-state index in [-0.39, 0.29) is 25.2 Å². The van der Waals surface area contributed by atoms with Crippen molar-refractivity contribution < 1.29 is 33.6 Å². The third-order valence-corrected chi connectivity index (χ3v) is 5.65.